The van der Waals surface area contributed by atoms with E-state index < -0.39 is 11.9 Å². The van der Waals surface area contributed by atoms with Crippen molar-refractivity contribution < 1.29 is 55.4 Å². The number of nitrogens with two attached hydrogens (primary N) is 1. The molecule has 71 valence electrons. The van der Waals surface area contributed by atoms with E-state index in [1.54, 1.807) is 0 Å². The zero-order valence-electron chi connectivity index (χ0n) is 7.10. The van der Waals surface area contributed by atoms with Gasteiger partial charge in [0.15, 0.2) is 0 Å². The number of rotatable bonds is 2. The second-order valence-electron chi connectivity index (χ2n) is 2.41. The Bertz CT molecular complexity index is 378. The topological polar surface area (TPSA) is 101 Å². The monoisotopic (exact) mass is 320 g/mol. The summed E-state index contributed by atoms with van der Waals surface area (Å²) in [6.07, 6.45) is 0. The summed E-state index contributed by atoms with van der Waals surface area (Å²) in [5.41, 5.74) is 5.15. The Morgan fingerprint density at radius 2 is 1.71 bits per heavy atom. The van der Waals surface area contributed by atoms with E-state index in [-0.39, 0.29) is 52.4 Å². The van der Waals surface area contributed by atoms with Crippen LogP contribution in [0.15, 0.2) is 18.2 Å². The van der Waals surface area contributed by atoms with Crippen LogP contribution in [0.5, 0.6) is 0 Å². The molecule has 0 bridgehead atoms. The Morgan fingerprint density at radius 1 is 1.14 bits per heavy atom. The van der Waals surface area contributed by atoms with Crippen LogP contribution in [0, 0.1) is 35.6 Å². The van der Waals surface area contributed by atoms with Crippen LogP contribution in [-0.4, -0.2) is 22.2 Å². The largest absolute Gasteiger partial charge is 0.478 e. The van der Waals surface area contributed by atoms with Gasteiger partial charge in [0.25, 0.3) is 0 Å². The van der Waals surface area contributed by atoms with Gasteiger partial charge in [0.05, 0.1) is 11.1 Å². The Labute approximate surface area is 108 Å². The fourth-order valence-electron chi connectivity index (χ4n) is 0.891. The summed E-state index contributed by atoms with van der Waals surface area (Å²) in [5, 5.41) is 17.1. The molecule has 6 heteroatoms. The normalized spacial score (nSPS) is 8.86. The smallest absolute Gasteiger partial charge is 0.337 e. The number of carbonyl (C=O) groups is 2. The molecular weight excluding hydrogens is 313 g/mol. The number of carboxylic acids is 2. The second-order valence-corrected chi connectivity index (χ2v) is 2.41. The van der Waals surface area contributed by atoms with Gasteiger partial charge in [-0.1, -0.05) is 0 Å². The zero-order valence-corrected chi connectivity index (χ0v) is 10.7. The third-order valence-electron chi connectivity index (χ3n) is 1.53. The summed E-state index contributed by atoms with van der Waals surface area (Å²) < 4.78 is 0. The van der Waals surface area contributed by atoms with Crippen LogP contribution >= 0.6 is 0 Å². The standard InChI is InChI=1S/C8H7NO4.La/c9-6-3-4(7(10)11)1-2-5(6)8(12)13;/h1-3H,9H2,(H,10,11)(H,12,13);. The van der Waals surface area contributed by atoms with Gasteiger partial charge < -0.3 is 15.9 Å². The molecule has 0 spiro atoms. The van der Waals surface area contributed by atoms with Gasteiger partial charge in [-0.25, -0.2) is 9.59 Å². The Hall–Kier alpha value is -0.845. The first-order chi connectivity index (χ1) is 6.02. The van der Waals surface area contributed by atoms with Crippen LogP contribution in [0.2, 0.25) is 0 Å². The van der Waals surface area contributed by atoms with Crippen molar-refractivity contribution in [2.75, 3.05) is 5.73 Å². The van der Waals surface area contributed by atoms with Gasteiger partial charge in [0.1, 0.15) is 0 Å². The molecule has 0 atom stereocenters. The first-order valence-corrected chi connectivity index (χ1v) is 3.38. The van der Waals surface area contributed by atoms with Crippen LogP contribution in [0.3, 0.4) is 0 Å². The van der Waals surface area contributed by atoms with Gasteiger partial charge in [-0.3, -0.25) is 0 Å². The van der Waals surface area contributed by atoms with Crippen LogP contribution in [-0.2, 0) is 0 Å². The predicted molar refractivity (Wildman–Crippen MR) is 44.8 cm³/mol. The summed E-state index contributed by atoms with van der Waals surface area (Å²) in [7, 11) is 0. The molecule has 0 unspecified atom stereocenters. The maximum absolute atomic E-state index is 10.5. The first kappa shape index (κ1) is 13.2. The van der Waals surface area contributed by atoms with E-state index in [0.717, 1.165) is 6.07 Å². The van der Waals surface area contributed by atoms with Gasteiger partial charge >= 0.3 is 11.9 Å². The fourth-order valence-corrected chi connectivity index (χ4v) is 0.891. The molecule has 0 aliphatic rings. The van der Waals surface area contributed by atoms with Crippen molar-refractivity contribution in [1.82, 2.24) is 0 Å². The zero-order chi connectivity index (χ0) is 10.0. The molecule has 1 radical (unpaired) electrons. The molecular formula is C8H7LaNO4. The molecule has 0 aliphatic heterocycles. The van der Waals surface area contributed by atoms with Crippen molar-refractivity contribution in [3.63, 3.8) is 0 Å². The molecule has 0 aliphatic carbocycles. The molecule has 0 saturated carbocycles. The van der Waals surface area contributed by atoms with E-state index in [1.165, 1.54) is 12.1 Å². The summed E-state index contributed by atoms with van der Waals surface area (Å²) in [5.74, 6) is -2.31. The Morgan fingerprint density at radius 3 is 2.07 bits per heavy atom. The van der Waals surface area contributed by atoms with Crippen LogP contribution in [0.1, 0.15) is 20.7 Å². The summed E-state index contributed by atoms with van der Waals surface area (Å²) in [6, 6.07) is 3.48. The number of aromatic carboxylic acids is 2. The Balaban J connectivity index is 0.00000169. The molecule has 1 rings (SSSR count). The SMILES string of the molecule is Nc1cc(C(=O)O)ccc1C(=O)O.[La]. The minimum Gasteiger partial charge on any atom is -0.478 e. The molecule has 0 amide bonds. The molecule has 4 N–H and O–H groups in total. The molecule has 0 fully saturated rings. The van der Waals surface area contributed by atoms with Crippen LogP contribution in [0.25, 0.3) is 0 Å². The average molecular weight is 320 g/mol. The molecule has 0 heterocycles. The van der Waals surface area contributed by atoms with E-state index in [2.05, 4.69) is 0 Å². The summed E-state index contributed by atoms with van der Waals surface area (Å²) in [6.45, 7) is 0. The molecule has 0 aromatic heterocycles. The quantitative estimate of drug-likeness (QED) is 0.695. The van der Waals surface area contributed by atoms with E-state index in [4.69, 9.17) is 15.9 Å². The number of carboxylic acid groups (broad SMARTS) is 2. The van der Waals surface area contributed by atoms with Crippen LogP contribution < -0.4 is 5.73 Å². The van der Waals surface area contributed by atoms with E-state index >= 15 is 0 Å². The third kappa shape index (κ3) is 2.83. The number of benzene rings is 1. The van der Waals surface area contributed by atoms with Crippen LogP contribution in [0.4, 0.5) is 5.69 Å². The minimum atomic E-state index is -1.17. The van der Waals surface area contributed by atoms with Crippen molar-refractivity contribution in [2.45, 2.75) is 0 Å². The maximum Gasteiger partial charge on any atom is 0.337 e. The maximum atomic E-state index is 10.5. The van der Waals surface area contributed by atoms with Crippen molar-refractivity contribution in [1.29, 1.82) is 0 Å². The second kappa shape index (κ2) is 5.14. The predicted octanol–water partition coefficient (Wildman–Crippen LogP) is 0.665. The molecule has 0 saturated heterocycles. The average Bonchev–Trinajstić information content (AvgIpc) is 2.03. The molecule has 1 aromatic carbocycles. The minimum absolute atomic E-state index is 0. The van der Waals surface area contributed by atoms with E-state index in [9.17, 15) is 9.59 Å². The van der Waals surface area contributed by atoms with Crippen molar-refractivity contribution >= 4 is 17.6 Å². The molecule has 5 nitrogen and oxygen atoms in total. The van der Waals surface area contributed by atoms with Crippen molar-refractivity contribution in [2.24, 2.45) is 0 Å². The molecule has 1 aromatic rings. The van der Waals surface area contributed by atoms with Crippen molar-refractivity contribution in [3.8, 4) is 0 Å². The fraction of sp³-hybridized carbons (Fsp3) is 0. The number of hydrogen-bond donors (Lipinski definition) is 3. The summed E-state index contributed by atoms with van der Waals surface area (Å²) in [4.78, 5) is 20.9. The number of hydrogen-bond acceptors (Lipinski definition) is 3. The van der Waals surface area contributed by atoms with Gasteiger partial charge in [-0.05, 0) is 18.2 Å². The van der Waals surface area contributed by atoms with Gasteiger partial charge in [0.2, 0.25) is 0 Å². The number of nitrogen functional groups attached to an aromatic ring is 1. The van der Waals surface area contributed by atoms with Gasteiger partial charge in [-0.2, -0.15) is 0 Å². The van der Waals surface area contributed by atoms with Gasteiger partial charge in [0, 0.05) is 41.3 Å². The summed E-state index contributed by atoms with van der Waals surface area (Å²) >= 11 is 0. The molecule has 14 heavy (non-hydrogen) atoms. The van der Waals surface area contributed by atoms with E-state index in [1.807, 2.05) is 0 Å². The third-order valence-corrected chi connectivity index (χ3v) is 1.53. The Kier molecular flexibility index (Phi) is 4.83. The van der Waals surface area contributed by atoms with Crippen molar-refractivity contribution in [3.05, 3.63) is 29.3 Å². The first-order valence-electron chi connectivity index (χ1n) is 3.38. The van der Waals surface area contributed by atoms with Gasteiger partial charge in [-0.15, -0.1) is 0 Å². The number of anilines is 1. The van der Waals surface area contributed by atoms with E-state index in [0.29, 0.717) is 0 Å².